The first-order chi connectivity index (χ1) is 8.74. The van der Waals surface area contributed by atoms with Gasteiger partial charge in [0.25, 0.3) is 0 Å². The van der Waals surface area contributed by atoms with Gasteiger partial charge in [0, 0.05) is 13.2 Å². The Morgan fingerprint density at radius 3 is 2.83 bits per heavy atom. The summed E-state index contributed by atoms with van der Waals surface area (Å²) >= 11 is 0. The van der Waals surface area contributed by atoms with Crippen molar-refractivity contribution in [2.75, 3.05) is 13.2 Å². The van der Waals surface area contributed by atoms with E-state index in [0.717, 1.165) is 25.9 Å². The molecule has 1 aliphatic rings. The molecule has 1 aliphatic heterocycles. The van der Waals surface area contributed by atoms with Crippen LogP contribution in [0.5, 0.6) is 0 Å². The van der Waals surface area contributed by atoms with Crippen LogP contribution in [0.3, 0.4) is 0 Å². The molecule has 1 fully saturated rings. The highest BCUT2D eigenvalue weighted by Crippen LogP contribution is 2.08. The number of nitrogens with one attached hydrogen (secondary N) is 2. The lowest BCUT2D eigenvalue weighted by molar-refractivity contribution is 0.0908. The van der Waals surface area contributed by atoms with Crippen molar-refractivity contribution in [1.29, 1.82) is 0 Å². The molecular weight excluding hydrogens is 228 g/mol. The van der Waals surface area contributed by atoms with Crippen molar-refractivity contribution in [3.63, 3.8) is 0 Å². The average Bonchev–Trinajstić information content (AvgIpc) is 2.84. The molecule has 0 aliphatic carbocycles. The van der Waals surface area contributed by atoms with Gasteiger partial charge < -0.3 is 15.4 Å². The average molecular weight is 248 g/mol. The third-order valence-electron chi connectivity index (χ3n) is 3.04. The second kappa shape index (κ2) is 6.40. The van der Waals surface area contributed by atoms with Gasteiger partial charge in [-0.15, -0.1) is 0 Å². The molecule has 4 nitrogen and oxygen atoms in total. The summed E-state index contributed by atoms with van der Waals surface area (Å²) in [5.41, 5.74) is 2.49. The fourth-order valence-corrected chi connectivity index (χ4v) is 1.96. The fraction of sp³-hybridized carbons (Fsp3) is 0.500. The van der Waals surface area contributed by atoms with Crippen molar-refractivity contribution >= 4 is 6.03 Å². The minimum atomic E-state index is -0.144. The summed E-state index contributed by atoms with van der Waals surface area (Å²) in [6, 6.07) is 8.21. The number of hydrogen-bond acceptors (Lipinski definition) is 2. The Bertz CT molecular complexity index is 383. The van der Waals surface area contributed by atoms with E-state index in [2.05, 4.69) is 41.8 Å². The van der Waals surface area contributed by atoms with E-state index in [4.69, 9.17) is 4.74 Å². The first-order valence-electron chi connectivity index (χ1n) is 6.45. The highest BCUT2D eigenvalue weighted by molar-refractivity contribution is 5.74. The zero-order valence-corrected chi connectivity index (χ0v) is 10.7. The van der Waals surface area contributed by atoms with E-state index in [-0.39, 0.29) is 12.3 Å². The third kappa shape index (κ3) is 4.04. The Balaban J connectivity index is 1.65. The summed E-state index contributed by atoms with van der Waals surface area (Å²) < 4.78 is 5.33. The summed E-state index contributed by atoms with van der Waals surface area (Å²) in [5.74, 6) is 0. The molecule has 0 bridgehead atoms. The maximum Gasteiger partial charge on any atom is 0.316 e. The highest BCUT2D eigenvalue weighted by Gasteiger charge is 2.16. The smallest absolute Gasteiger partial charge is 0.316 e. The van der Waals surface area contributed by atoms with E-state index < -0.39 is 0 Å². The van der Waals surface area contributed by atoms with Crippen molar-refractivity contribution in [2.24, 2.45) is 0 Å². The number of ether oxygens (including phenoxy) is 1. The predicted octanol–water partition coefficient (Wildman–Crippen LogP) is 1.97. The summed E-state index contributed by atoms with van der Waals surface area (Å²) in [7, 11) is 0. The molecule has 4 heteroatoms. The van der Waals surface area contributed by atoms with Crippen LogP contribution in [0.25, 0.3) is 0 Å². The lowest BCUT2D eigenvalue weighted by atomic mass is 10.1. The Hall–Kier alpha value is -1.55. The van der Waals surface area contributed by atoms with Crippen LogP contribution in [0, 0.1) is 6.92 Å². The molecule has 1 aromatic rings. The molecule has 1 heterocycles. The maximum atomic E-state index is 11.5. The summed E-state index contributed by atoms with van der Waals surface area (Å²) in [4.78, 5) is 11.5. The van der Waals surface area contributed by atoms with Crippen LogP contribution in [-0.2, 0) is 11.2 Å². The van der Waals surface area contributed by atoms with Crippen LogP contribution >= 0.6 is 0 Å². The first kappa shape index (κ1) is 12.9. The number of aryl methyl sites for hydroxylation is 1. The Morgan fingerprint density at radius 2 is 2.17 bits per heavy atom. The lowest BCUT2D eigenvalue weighted by Crippen LogP contribution is -2.42. The molecule has 0 saturated carbocycles. The van der Waals surface area contributed by atoms with Crippen molar-refractivity contribution < 1.29 is 9.53 Å². The number of carbonyl (C=O) groups is 1. The number of urea groups is 1. The maximum absolute atomic E-state index is 11.5. The van der Waals surface area contributed by atoms with Crippen molar-refractivity contribution in [1.82, 2.24) is 10.6 Å². The van der Waals surface area contributed by atoms with Gasteiger partial charge in [-0.3, -0.25) is 0 Å². The van der Waals surface area contributed by atoms with Gasteiger partial charge in [-0.25, -0.2) is 4.79 Å². The Morgan fingerprint density at radius 1 is 1.39 bits per heavy atom. The van der Waals surface area contributed by atoms with Gasteiger partial charge in [-0.05, 0) is 31.7 Å². The Kier molecular flexibility index (Phi) is 4.59. The molecule has 1 saturated heterocycles. The molecule has 1 atom stereocenters. The number of amides is 2. The number of rotatable bonds is 4. The summed E-state index contributed by atoms with van der Waals surface area (Å²) in [5, 5.41) is 5.64. The molecular formula is C14H20N2O2. The van der Waals surface area contributed by atoms with Gasteiger partial charge in [0.1, 0.15) is 6.23 Å². The second-order valence-corrected chi connectivity index (χ2v) is 4.64. The standard InChI is InChI=1S/C14H20N2O2/c1-11-4-6-12(7-5-11)8-9-15-14(17)16-13-3-2-10-18-13/h4-7,13H,2-3,8-10H2,1H3,(H2,15,16,17). The lowest BCUT2D eigenvalue weighted by Gasteiger charge is -2.12. The molecule has 2 amide bonds. The topological polar surface area (TPSA) is 50.4 Å². The van der Waals surface area contributed by atoms with Crippen LogP contribution in [0.1, 0.15) is 24.0 Å². The van der Waals surface area contributed by atoms with Crippen molar-refractivity contribution in [3.8, 4) is 0 Å². The van der Waals surface area contributed by atoms with E-state index >= 15 is 0 Å². The minimum absolute atomic E-state index is 0.107. The quantitative estimate of drug-likeness (QED) is 0.856. The molecule has 1 unspecified atom stereocenters. The predicted molar refractivity (Wildman–Crippen MR) is 70.4 cm³/mol. The molecule has 1 aromatic carbocycles. The molecule has 0 radical (unpaired) electrons. The van der Waals surface area contributed by atoms with Gasteiger partial charge in [-0.1, -0.05) is 29.8 Å². The number of carbonyl (C=O) groups excluding carboxylic acids is 1. The summed E-state index contributed by atoms with van der Waals surface area (Å²) in [6.07, 6.45) is 2.67. The second-order valence-electron chi connectivity index (χ2n) is 4.64. The minimum Gasteiger partial charge on any atom is -0.358 e. The van der Waals surface area contributed by atoms with Gasteiger partial charge in [0.05, 0.1) is 0 Å². The zero-order chi connectivity index (χ0) is 12.8. The molecule has 2 rings (SSSR count). The molecule has 0 aromatic heterocycles. The van der Waals surface area contributed by atoms with Crippen LogP contribution < -0.4 is 10.6 Å². The van der Waals surface area contributed by atoms with E-state index in [0.29, 0.717) is 6.54 Å². The number of hydrogen-bond donors (Lipinski definition) is 2. The number of benzene rings is 1. The van der Waals surface area contributed by atoms with Gasteiger partial charge >= 0.3 is 6.03 Å². The monoisotopic (exact) mass is 248 g/mol. The van der Waals surface area contributed by atoms with E-state index in [1.165, 1.54) is 11.1 Å². The van der Waals surface area contributed by atoms with Gasteiger partial charge in [0.15, 0.2) is 0 Å². The van der Waals surface area contributed by atoms with Crippen LogP contribution in [0.2, 0.25) is 0 Å². The molecule has 18 heavy (non-hydrogen) atoms. The SMILES string of the molecule is Cc1ccc(CCNC(=O)NC2CCCO2)cc1. The molecule has 98 valence electrons. The van der Waals surface area contributed by atoms with Crippen molar-refractivity contribution in [3.05, 3.63) is 35.4 Å². The first-order valence-corrected chi connectivity index (χ1v) is 6.45. The third-order valence-corrected chi connectivity index (χ3v) is 3.04. The highest BCUT2D eigenvalue weighted by atomic mass is 16.5. The molecule has 2 N–H and O–H groups in total. The Labute approximate surface area is 108 Å². The van der Waals surface area contributed by atoms with E-state index in [1.54, 1.807) is 0 Å². The van der Waals surface area contributed by atoms with Crippen LogP contribution in [0.15, 0.2) is 24.3 Å². The van der Waals surface area contributed by atoms with Gasteiger partial charge in [-0.2, -0.15) is 0 Å². The van der Waals surface area contributed by atoms with Crippen LogP contribution in [0.4, 0.5) is 4.79 Å². The van der Waals surface area contributed by atoms with E-state index in [1.807, 2.05) is 0 Å². The molecule has 0 spiro atoms. The normalized spacial score (nSPS) is 18.6. The fourth-order valence-electron chi connectivity index (χ4n) is 1.96. The summed E-state index contributed by atoms with van der Waals surface area (Å²) in [6.45, 7) is 3.45. The van der Waals surface area contributed by atoms with Crippen molar-refractivity contribution in [2.45, 2.75) is 32.4 Å². The van der Waals surface area contributed by atoms with Crippen LogP contribution in [-0.4, -0.2) is 25.4 Å². The van der Waals surface area contributed by atoms with Gasteiger partial charge in [0.2, 0.25) is 0 Å². The zero-order valence-electron chi connectivity index (χ0n) is 10.7. The largest absolute Gasteiger partial charge is 0.358 e. The van der Waals surface area contributed by atoms with E-state index in [9.17, 15) is 4.79 Å².